The van der Waals surface area contributed by atoms with E-state index < -0.39 is 0 Å². The van der Waals surface area contributed by atoms with Gasteiger partial charge in [0.2, 0.25) is 0 Å². The minimum Gasteiger partial charge on any atom is -0.293 e. The van der Waals surface area contributed by atoms with E-state index in [0.29, 0.717) is 5.88 Å². The van der Waals surface area contributed by atoms with Crippen molar-refractivity contribution in [3.8, 4) is 5.69 Å². The zero-order valence-corrected chi connectivity index (χ0v) is 13.6. The first-order valence-electron chi connectivity index (χ1n) is 5.54. The molecule has 3 rings (SSSR count). The molecule has 1 aromatic carbocycles. The third-order valence-electron chi connectivity index (χ3n) is 2.81. The van der Waals surface area contributed by atoms with E-state index in [4.69, 9.17) is 11.6 Å². The van der Waals surface area contributed by atoms with Gasteiger partial charge in [0.1, 0.15) is 11.3 Å². The molecule has 0 aliphatic heterocycles. The van der Waals surface area contributed by atoms with E-state index in [-0.39, 0.29) is 0 Å². The zero-order chi connectivity index (χ0) is 13.4. The molecule has 19 heavy (non-hydrogen) atoms. The highest BCUT2D eigenvalue weighted by Crippen LogP contribution is 2.33. The van der Waals surface area contributed by atoms with Crippen LogP contribution in [-0.2, 0) is 5.88 Å². The van der Waals surface area contributed by atoms with Gasteiger partial charge in [-0.05, 0) is 50.1 Å². The molecule has 0 N–H and O–H groups in total. The number of para-hydroxylation sites is 1. The molecular formula is C13H8Br2ClN3. The lowest BCUT2D eigenvalue weighted by Crippen LogP contribution is -2.01. The second-order valence-corrected chi connectivity index (χ2v) is 5.91. The van der Waals surface area contributed by atoms with Gasteiger partial charge < -0.3 is 0 Å². The van der Waals surface area contributed by atoms with Crippen LogP contribution in [-0.4, -0.2) is 14.5 Å². The molecule has 2 aromatic heterocycles. The Morgan fingerprint density at radius 3 is 2.58 bits per heavy atom. The quantitative estimate of drug-likeness (QED) is 0.584. The van der Waals surface area contributed by atoms with Crippen LogP contribution in [0.1, 0.15) is 5.82 Å². The van der Waals surface area contributed by atoms with Crippen molar-refractivity contribution in [2.45, 2.75) is 5.88 Å². The molecule has 2 heterocycles. The van der Waals surface area contributed by atoms with E-state index in [2.05, 4.69) is 41.8 Å². The first kappa shape index (κ1) is 13.1. The number of halogens is 3. The van der Waals surface area contributed by atoms with Crippen LogP contribution < -0.4 is 0 Å². The topological polar surface area (TPSA) is 30.7 Å². The highest BCUT2D eigenvalue weighted by Gasteiger charge is 2.15. The van der Waals surface area contributed by atoms with Crippen molar-refractivity contribution in [3.05, 3.63) is 51.4 Å². The second-order valence-electron chi connectivity index (χ2n) is 3.93. The van der Waals surface area contributed by atoms with E-state index in [0.717, 1.165) is 31.5 Å². The Morgan fingerprint density at radius 2 is 1.89 bits per heavy atom. The van der Waals surface area contributed by atoms with Crippen LogP contribution in [0.4, 0.5) is 0 Å². The fourth-order valence-corrected chi connectivity index (χ4v) is 3.56. The molecule has 0 atom stereocenters. The van der Waals surface area contributed by atoms with E-state index >= 15 is 0 Å². The molecule has 0 fully saturated rings. The summed E-state index contributed by atoms with van der Waals surface area (Å²) >= 11 is 13.2. The predicted octanol–water partition coefficient (Wildman–Crippen LogP) is 4.68. The number of hydrogen-bond donors (Lipinski definition) is 0. The lowest BCUT2D eigenvalue weighted by molar-refractivity contribution is 0.972. The number of hydrogen-bond acceptors (Lipinski definition) is 2. The van der Waals surface area contributed by atoms with Crippen LogP contribution in [0.2, 0.25) is 0 Å². The van der Waals surface area contributed by atoms with Gasteiger partial charge in [0, 0.05) is 15.1 Å². The summed E-state index contributed by atoms with van der Waals surface area (Å²) in [6, 6.07) is 7.89. The number of rotatable bonds is 2. The molecule has 6 heteroatoms. The fraction of sp³-hybridized carbons (Fsp3) is 0.0769. The van der Waals surface area contributed by atoms with Crippen LogP contribution in [0.3, 0.4) is 0 Å². The Balaban J connectivity index is 2.41. The smallest absolute Gasteiger partial charge is 0.129 e. The van der Waals surface area contributed by atoms with Crippen LogP contribution in [0.5, 0.6) is 0 Å². The molecule has 3 nitrogen and oxygen atoms in total. The highest BCUT2D eigenvalue weighted by molar-refractivity contribution is 9.11. The van der Waals surface area contributed by atoms with Gasteiger partial charge in [-0.2, -0.15) is 0 Å². The maximum atomic E-state index is 6.02. The fourth-order valence-electron chi connectivity index (χ4n) is 2.02. The minimum absolute atomic E-state index is 0.336. The molecule has 0 spiro atoms. The zero-order valence-electron chi connectivity index (χ0n) is 9.65. The Bertz CT molecular complexity index is 734. The molecule has 96 valence electrons. The molecule has 3 aromatic rings. The van der Waals surface area contributed by atoms with Crippen molar-refractivity contribution in [2.24, 2.45) is 0 Å². The van der Waals surface area contributed by atoms with Crippen LogP contribution in [0.25, 0.3) is 16.7 Å². The summed E-state index contributed by atoms with van der Waals surface area (Å²) in [6.45, 7) is 0. The predicted molar refractivity (Wildman–Crippen MR) is 83.8 cm³/mol. The average Bonchev–Trinajstić information content (AvgIpc) is 2.77. The first-order chi connectivity index (χ1) is 9.22. The van der Waals surface area contributed by atoms with E-state index in [1.165, 1.54) is 0 Å². The standard InChI is InChI=1S/C13H8Br2ClN3/c14-8-2-1-3-9(15)13(8)19-11-4-5-17-7-10(11)18-12(19)6-16/h1-5,7H,6H2. The van der Waals surface area contributed by atoms with Crippen molar-refractivity contribution in [3.63, 3.8) is 0 Å². The van der Waals surface area contributed by atoms with Crippen molar-refractivity contribution in [2.75, 3.05) is 0 Å². The van der Waals surface area contributed by atoms with Crippen molar-refractivity contribution in [1.29, 1.82) is 0 Å². The monoisotopic (exact) mass is 399 g/mol. The molecule has 0 amide bonds. The number of benzene rings is 1. The minimum atomic E-state index is 0.336. The molecule has 0 unspecified atom stereocenters. The summed E-state index contributed by atoms with van der Waals surface area (Å²) in [5.41, 5.74) is 2.81. The molecule has 0 saturated carbocycles. The summed E-state index contributed by atoms with van der Waals surface area (Å²) < 4.78 is 3.99. The molecule has 0 radical (unpaired) electrons. The molecule has 0 bridgehead atoms. The van der Waals surface area contributed by atoms with Crippen LogP contribution in [0, 0.1) is 0 Å². The Kier molecular flexibility index (Phi) is 3.60. The number of alkyl halides is 1. The largest absolute Gasteiger partial charge is 0.293 e. The number of imidazole rings is 1. The number of pyridine rings is 1. The SMILES string of the molecule is ClCc1nc2cnccc2n1-c1c(Br)cccc1Br. The van der Waals surface area contributed by atoms with Gasteiger partial charge in [-0.25, -0.2) is 4.98 Å². The first-order valence-corrected chi connectivity index (χ1v) is 7.66. The number of nitrogens with zero attached hydrogens (tertiary/aromatic N) is 3. The Labute approximate surface area is 131 Å². The maximum Gasteiger partial charge on any atom is 0.129 e. The Hall–Kier alpha value is -0.910. The molecule has 0 aliphatic carbocycles. The normalized spacial score (nSPS) is 11.1. The molecule has 0 saturated heterocycles. The van der Waals surface area contributed by atoms with Crippen molar-refractivity contribution >= 4 is 54.5 Å². The average molecular weight is 401 g/mol. The molecular weight excluding hydrogens is 393 g/mol. The van der Waals surface area contributed by atoms with Crippen LogP contribution in [0.15, 0.2) is 45.6 Å². The lowest BCUT2D eigenvalue weighted by atomic mass is 10.3. The van der Waals surface area contributed by atoms with Gasteiger partial charge in [0.05, 0.1) is 23.3 Å². The van der Waals surface area contributed by atoms with Gasteiger partial charge in [-0.3, -0.25) is 9.55 Å². The van der Waals surface area contributed by atoms with E-state index in [9.17, 15) is 0 Å². The van der Waals surface area contributed by atoms with E-state index in [1.54, 1.807) is 12.4 Å². The van der Waals surface area contributed by atoms with Crippen LogP contribution >= 0.6 is 43.5 Å². The Morgan fingerprint density at radius 1 is 1.16 bits per heavy atom. The number of aromatic nitrogens is 3. The van der Waals surface area contributed by atoms with Crippen molar-refractivity contribution < 1.29 is 0 Å². The van der Waals surface area contributed by atoms with Gasteiger partial charge in [0.15, 0.2) is 0 Å². The van der Waals surface area contributed by atoms with Crippen molar-refractivity contribution in [1.82, 2.24) is 14.5 Å². The van der Waals surface area contributed by atoms with Gasteiger partial charge in [-0.1, -0.05) is 6.07 Å². The summed E-state index contributed by atoms with van der Waals surface area (Å²) in [7, 11) is 0. The third kappa shape index (κ3) is 2.20. The highest BCUT2D eigenvalue weighted by atomic mass is 79.9. The van der Waals surface area contributed by atoms with Gasteiger partial charge >= 0.3 is 0 Å². The maximum absolute atomic E-state index is 6.02. The third-order valence-corrected chi connectivity index (χ3v) is 4.33. The van der Waals surface area contributed by atoms with E-state index in [1.807, 2.05) is 28.8 Å². The summed E-state index contributed by atoms with van der Waals surface area (Å²) in [4.78, 5) is 8.61. The summed E-state index contributed by atoms with van der Waals surface area (Å²) in [5, 5.41) is 0. The summed E-state index contributed by atoms with van der Waals surface area (Å²) in [5.74, 6) is 1.12. The lowest BCUT2D eigenvalue weighted by Gasteiger charge is -2.12. The van der Waals surface area contributed by atoms with Gasteiger partial charge in [0.25, 0.3) is 0 Å². The summed E-state index contributed by atoms with van der Waals surface area (Å²) in [6.07, 6.45) is 3.50. The van der Waals surface area contributed by atoms with Gasteiger partial charge in [-0.15, -0.1) is 11.6 Å². The second kappa shape index (κ2) is 5.23. The molecule has 0 aliphatic rings. The number of fused-ring (bicyclic) bond motifs is 1.